The molecule has 0 bridgehead atoms. The predicted molar refractivity (Wildman–Crippen MR) is 64.8 cm³/mol. The van der Waals surface area contributed by atoms with Crippen LogP contribution < -0.4 is 5.32 Å². The Labute approximate surface area is 103 Å². The van der Waals surface area contributed by atoms with Crippen molar-refractivity contribution in [3.63, 3.8) is 0 Å². The van der Waals surface area contributed by atoms with Gasteiger partial charge >= 0.3 is 5.97 Å². The molecule has 0 aliphatic carbocycles. The number of nitrogens with one attached hydrogen (secondary N) is 1. The van der Waals surface area contributed by atoms with E-state index in [0.29, 0.717) is 26.1 Å². The third kappa shape index (κ3) is 6.26. The van der Waals surface area contributed by atoms with Crippen molar-refractivity contribution in [3.8, 4) is 0 Å². The standard InChI is InChI=1S/C12H23NO4/c1-4-7-12(3,11(15)16)13-10(14)6-9-17-8-5-2/h4-9H2,1-3H3,(H,13,14)(H,15,16). The first-order valence-corrected chi connectivity index (χ1v) is 6.08. The van der Waals surface area contributed by atoms with Crippen LogP contribution in [0.15, 0.2) is 0 Å². The van der Waals surface area contributed by atoms with Crippen molar-refractivity contribution >= 4 is 11.9 Å². The highest BCUT2D eigenvalue weighted by Crippen LogP contribution is 2.12. The van der Waals surface area contributed by atoms with Gasteiger partial charge in [-0.15, -0.1) is 0 Å². The maximum Gasteiger partial charge on any atom is 0.329 e. The summed E-state index contributed by atoms with van der Waals surface area (Å²) in [6, 6.07) is 0. The topological polar surface area (TPSA) is 75.6 Å². The molecule has 5 heteroatoms. The van der Waals surface area contributed by atoms with Crippen LogP contribution in [0.5, 0.6) is 0 Å². The van der Waals surface area contributed by atoms with Gasteiger partial charge in [-0.3, -0.25) is 4.79 Å². The molecule has 0 radical (unpaired) electrons. The molecule has 0 saturated carbocycles. The Morgan fingerprint density at radius 1 is 1.24 bits per heavy atom. The van der Waals surface area contributed by atoms with E-state index >= 15 is 0 Å². The van der Waals surface area contributed by atoms with Gasteiger partial charge in [0.15, 0.2) is 0 Å². The Morgan fingerprint density at radius 3 is 2.35 bits per heavy atom. The molecule has 0 aromatic rings. The zero-order chi connectivity index (χ0) is 13.3. The highest BCUT2D eigenvalue weighted by molar-refractivity contribution is 5.86. The van der Waals surface area contributed by atoms with Gasteiger partial charge in [0.25, 0.3) is 0 Å². The van der Waals surface area contributed by atoms with Crippen molar-refractivity contribution in [1.29, 1.82) is 0 Å². The van der Waals surface area contributed by atoms with Crippen LogP contribution in [0.1, 0.15) is 46.5 Å². The zero-order valence-corrected chi connectivity index (χ0v) is 10.9. The number of hydrogen-bond acceptors (Lipinski definition) is 3. The molecule has 1 amide bonds. The molecule has 1 atom stereocenters. The molecule has 0 rings (SSSR count). The van der Waals surface area contributed by atoms with Crippen LogP contribution >= 0.6 is 0 Å². The summed E-state index contributed by atoms with van der Waals surface area (Å²) in [5.41, 5.74) is -1.17. The highest BCUT2D eigenvalue weighted by Gasteiger charge is 2.33. The molecular formula is C12H23NO4. The van der Waals surface area contributed by atoms with Gasteiger partial charge in [0.1, 0.15) is 5.54 Å². The molecule has 2 N–H and O–H groups in total. The molecule has 0 saturated heterocycles. The zero-order valence-electron chi connectivity index (χ0n) is 10.9. The first kappa shape index (κ1) is 15.9. The minimum atomic E-state index is -1.17. The monoisotopic (exact) mass is 245 g/mol. The number of carbonyl (C=O) groups excluding carboxylic acids is 1. The van der Waals surface area contributed by atoms with E-state index in [1.807, 2.05) is 13.8 Å². The second-order valence-corrected chi connectivity index (χ2v) is 4.30. The molecule has 0 aliphatic rings. The van der Waals surface area contributed by atoms with Crippen LogP contribution in [-0.2, 0) is 14.3 Å². The predicted octanol–water partition coefficient (Wildman–Crippen LogP) is 1.56. The van der Waals surface area contributed by atoms with E-state index in [0.717, 1.165) is 6.42 Å². The normalized spacial score (nSPS) is 14.1. The van der Waals surface area contributed by atoms with E-state index in [1.54, 1.807) is 0 Å². The van der Waals surface area contributed by atoms with Crippen molar-refractivity contribution in [3.05, 3.63) is 0 Å². The molecule has 17 heavy (non-hydrogen) atoms. The second kappa shape index (κ2) is 8.06. The SMILES string of the molecule is CCCOCCC(=O)NC(C)(CCC)C(=O)O. The summed E-state index contributed by atoms with van der Waals surface area (Å²) >= 11 is 0. The Hall–Kier alpha value is -1.10. The molecule has 1 unspecified atom stereocenters. The van der Waals surface area contributed by atoms with Gasteiger partial charge in [-0.2, -0.15) is 0 Å². The first-order chi connectivity index (χ1) is 7.96. The van der Waals surface area contributed by atoms with Crippen molar-refractivity contribution in [1.82, 2.24) is 5.32 Å². The highest BCUT2D eigenvalue weighted by atomic mass is 16.5. The summed E-state index contributed by atoms with van der Waals surface area (Å²) in [6.45, 7) is 6.37. The summed E-state index contributed by atoms with van der Waals surface area (Å²) in [6.07, 6.45) is 2.23. The fourth-order valence-corrected chi connectivity index (χ4v) is 1.50. The minimum Gasteiger partial charge on any atom is -0.480 e. The first-order valence-electron chi connectivity index (χ1n) is 6.08. The van der Waals surface area contributed by atoms with Gasteiger partial charge < -0.3 is 15.2 Å². The molecule has 0 aliphatic heterocycles. The third-order valence-electron chi connectivity index (χ3n) is 2.46. The van der Waals surface area contributed by atoms with Crippen LogP contribution in [0, 0.1) is 0 Å². The quantitative estimate of drug-likeness (QED) is 0.604. The Kier molecular flexibility index (Phi) is 7.54. The molecule has 0 heterocycles. The molecule has 0 aromatic carbocycles. The van der Waals surface area contributed by atoms with Crippen LogP contribution in [0.2, 0.25) is 0 Å². The number of carboxylic acids is 1. The van der Waals surface area contributed by atoms with Crippen LogP contribution in [-0.4, -0.2) is 35.7 Å². The van der Waals surface area contributed by atoms with E-state index < -0.39 is 11.5 Å². The minimum absolute atomic E-state index is 0.201. The van der Waals surface area contributed by atoms with Gasteiger partial charge in [0.05, 0.1) is 6.61 Å². The van der Waals surface area contributed by atoms with E-state index in [9.17, 15) is 9.59 Å². The van der Waals surface area contributed by atoms with Crippen molar-refractivity contribution < 1.29 is 19.4 Å². The second-order valence-electron chi connectivity index (χ2n) is 4.30. The summed E-state index contributed by atoms with van der Waals surface area (Å²) in [4.78, 5) is 22.6. The maximum atomic E-state index is 11.5. The van der Waals surface area contributed by atoms with Crippen LogP contribution in [0.4, 0.5) is 0 Å². The third-order valence-corrected chi connectivity index (χ3v) is 2.46. The average Bonchev–Trinajstić information content (AvgIpc) is 2.24. The number of aliphatic carboxylic acids is 1. The number of amides is 1. The van der Waals surface area contributed by atoms with Gasteiger partial charge in [-0.1, -0.05) is 20.3 Å². The summed E-state index contributed by atoms with van der Waals surface area (Å²) in [7, 11) is 0. The molecule has 0 aromatic heterocycles. The molecular weight excluding hydrogens is 222 g/mol. The van der Waals surface area contributed by atoms with Gasteiger partial charge in [-0.05, 0) is 19.8 Å². The molecule has 0 spiro atoms. The number of rotatable bonds is 9. The number of ether oxygens (including phenoxy) is 1. The van der Waals surface area contributed by atoms with Gasteiger partial charge in [-0.25, -0.2) is 4.79 Å². The number of carboxylic acid groups (broad SMARTS) is 1. The largest absolute Gasteiger partial charge is 0.480 e. The lowest BCUT2D eigenvalue weighted by Gasteiger charge is -2.25. The lowest BCUT2D eigenvalue weighted by molar-refractivity contribution is -0.147. The van der Waals surface area contributed by atoms with E-state index in [1.165, 1.54) is 6.92 Å². The van der Waals surface area contributed by atoms with Crippen molar-refractivity contribution in [2.75, 3.05) is 13.2 Å². The lowest BCUT2D eigenvalue weighted by Crippen LogP contribution is -2.52. The molecule has 5 nitrogen and oxygen atoms in total. The van der Waals surface area contributed by atoms with Crippen molar-refractivity contribution in [2.45, 2.75) is 52.0 Å². The maximum absolute atomic E-state index is 11.5. The van der Waals surface area contributed by atoms with Gasteiger partial charge in [0, 0.05) is 13.0 Å². The molecule has 0 fully saturated rings. The fourth-order valence-electron chi connectivity index (χ4n) is 1.50. The number of hydrogen-bond donors (Lipinski definition) is 2. The fraction of sp³-hybridized carbons (Fsp3) is 0.833. The van der Waals surface area contributed by atoms with E-state index in [2.05, 4.69) is 5.32 Å². The molecule has 100 valence electrons. The van der Waals surface area contributed by atoms with E-state index in [-0.39, 0.29) is 12.3 Å². The lowest BCUT2D eigenvalue weighted by atomic mass is 9.96. The Bertz CT molecular complexity index is 255. The Balaban J connectivity index is 4.09. The summed E-state index contributed by atoms with van der Waals surface area (Å²) < 4.78 is 5.18. The average molecular weight is 245 g/mol. The Morgan fingerprint density at radius 2 is 1.88 bits per heavy atom. The summed E-state index contributed by atoms with van der Waals surface area (Å²) in [5, 5.41) is 11.6. The van der Waals surface area contributed by atoms with Crippen LogP contribution in [0.3, 0.4) is 0 Å². The van der Waals surface area contributed by atoms with Gasteiger partial charge in [0.2, 0.25) is 5.91 Å². The number of carbonyl (C=O) groups is 2. The van der Waals surface area contributed by atoms with Crippen LogP contribution in [0.25, 0.3) is 0 Å². The smallest absolute Gasteiger partial charge is 0.329 e. The van der Waals surface area contributed by atoms with Crippen molar-refractivity contribution in [2.24, 2.45) is 0 Å². The summed E-state index contributed by atoms with van der Waals surface area (Å²) in [5.74, 6) is -1.28. The van der Waals surface area contributed by atoms with E-state index in [4.69, 9.17) is 9.84 Å².